The van der Waals surface area contributed by atoms with E-state index in [1.807, 2.05) is 18.2 Å². The average Bonchev–Trinajstić information content (AvgIpc) is 2.39. The number of rotatable bonds is 5. The summed E-state index contributed by atoms with van der Waals surface area (Å²) in [7, 11) is 0. The lowest BCUT2D eigenvalue weighted by molar-refractivity contribution is 0.818. The summed E-state index contributed by atoms with van der Waals surface area (Å²) in [5.74, 6) is 1.03. The first-order valence-electron chi connectivity index (χ1n) is 6.51. The first-order chi connectivity index (χ1) is 9.11. The summed E-state index contributed by atoms with van der Waals surface area (Å²) in [5.41, 5.74) is 7.80. The van der Waals surface area contributed by atoms with E-state index in [0.717, 1.165) is 30.8 Å². The van der Waals surface area contributed by atoms with Crippen LogP contribution in [0.5, 0.6) is 0 Å². The Kier molecular flexibility index (Phi) is 4.32. The van der Waals surface area contributed by atoms with Gasteiger partial charge in [0.1, 0.15) is 5.82 Å². The van der Waals surface area contributed by atoms with Gasteiger partial charge in [0.25, 0.3) is 0 Å². The van der Waals surface area contributed by atoms with Crippen LogP contribution in [0.15, 0.2) is 30.3 Å². The highest BCUT2D eigenvalue weighted by Gasteiger charge is 2.10. The van der Waals surface area contributed by atoms with Crippen molar-refractivity contribution < 1.29 is 0 Å². The molecule has 1 aromatic heterocycles. The van der Waals surface area contributed by atoms with Crippen LogP contribution in [-0.2, 0) is 0 Å². The van der Waals surface area contributed by atoms with E-state index in [0.29, 0.717) is 4.99 Å². The third-order valence-corrected chi connectivity index (χ3v) is 3.40. The molecule has 0 unspecified atom stereocenters. The molecule has 0 saturated carbocycles. The van der Waals surface area contributed by atoms with Gasteiger partial charge in [0.15, 0.2) is 0 Å². The zero-order valence-corrected chi connectivity index (χ0v) is 12.2. The molecular weight excluding hydrogens is 254 g/mol. The minimum absolute atomic E-state index is 0.553. The molecule has 0 radical (unpaired) electrons. The maximum absolute atomic E-state index is 5.59. The summed E-state index contributed by atoms with van der Waals surface area (Å²) in [6, 6.07) is 10.4. The molecule has 0 saturated heterocycles. The topological polar surface area (TPSA) is 42.1 Å². The first-order valence-corrected chi connectivity index (χ1v) is 6.92. The number of anilines is 1. The van der Waals surface area contributed by atoms with Crippen molar-refractivity contribution in [2.45, 2.75) is 20.3 Å². The lowest BCUT2D eigenvalue weighted by Crippen LogP contribution is -2.28. The van der Waals surface area contributed by atoms with Gasteiger partial charge in [-0.25, -0.2) is 4.98 Å². The number of aromatic nitrogens is 1. The summed E-state index contributed by atoms with van der Waals surface area (Å²) >= 11 is 4.95. The smallest absolute Gasteiger partial charge is 0.132 e. The van der Waals surface area contributed by atoms with Crippen LogP contribution in [0.4, 0.5) is 5.82 Å². The molecule has 4 heteroatoms. The number of hydrogen-bond acceptors (Lipinski definition) is 3. The van der Waals surface area contributed by atoms with E-state index in [9.17, 15) is 0 Å². The second kappa shape index (κ2) is 5.97. The van der Waals surface area contributed by atoms with Gasteiger partial charge in [-0.15, -0.1) is 0 Å². The Morgan fingerprint density at radius 3 is 2.79 bits per heavy atom. The number of nitrogens with two attached hydrogens (primary N) is 1. The van der Waals surface area contributed by atoms with E-state index in [1.165, 1.54) is 10.9 Å². The number of benzene rings is 1. The predicted octanol–water partition coefficient (Wildman–Crippen LogP) is 3.05. The van der Waals surface area contributed by atoms with Crippen LogP contribution >= 0.6 is 12.2 Å². The van der Waals surface area contributed by atoms with Gasteiger partial charge < -0.3 is 10.6 Å². The Labute approximate surface area is 119 Å². The van der Waals surface area contributed by atoms with Crippen LogP contribution in [0, 0.1) is 6.92 Å². The minimum Gasteiger partial charge on any atom is -0.393 e. The van der Waals surface area contributed by atoms with Crippen LogP contribution in [0.2, 0.25) is 0 Å². The molecule has 0 aliphatic heterocycles. The number of para-hydroxylation sites is 1. The molecule has 0 fully saturated rings. The second-order valence-electron chi connectivity index (χ2n) is 4.62. The fourth-order valence-corrected chi connectivity index (χ4v) is 2.28. The Morgan fingerprint density at radius 1 is 1.37 bits per heavy atom. The lowest BCUT2D eigenvalue weighted by Gasteiger charge is -2.24. The monoisotopic (exact) mass is 273 g/mol. The van der Waals surface area contributed by atoms with Crippen LogP contribution in [0.3, 0.4) is 0 Å². The fraction of sp³-hybridized carbons (Fsp3) is 0.333. The summed E-state index contributed by atoms with van der Waals surface area (Å²) < 4.78 is 0. The van der Waals surface area contributed by atoms with Crippen molar-refractivity contribution >= 4 is 33.9 Å². The molecule has 0 bridgehead atoms. The normalized spacial score (nSPS) is 10.6. The van der Waals surface area contributed by atoms with Crippen molar-refractivity contribution in [3.05, 3.63) is 35.9 Å². The number of pyridine rings is 1. The molecular formula is C15H19N3S. The zero-order valence-electron chi connectivity index (χ0n) is 11.4. The average molecular weight is 273 g/mol. The molecule has 0 aliphatic rings. The van der Waals surface area contributed by atoms with Gasteiger partial charge in [-0.1, -0.05) is 30.4 Å². The highest BCUT2D eigenvalue weighted by Crippen LogP contribution is 2.22. The summed E-state index contributed by atoms with van der Waals surface area (Å²) in [6.07, 6.45) is 0.719. The summed E-state index contributed by atoms with van der Waals surface area (Å²) in [4.78, 5) is 7.54. The number of aryl methyl sites for hydroxylation is 1. The molecule has 2 aromatic rings. The fourth-order valence-electron chi connectivity index (χ4n) is 2.19. The number of nitrogens with zero attached hydrogens (tertiary/aromatic N) is 2. The maximum atomic E-state index is 5.59. The van der Waals surface area contributed by atoms with Crippen molar-refractivity contribution in [1.29, 1.82) is 0 Å². The molecule has 3 nitrogen and oxygen atoms in total. The number of hydrogen-bond donors (Lipinski definition) is 1. The summed E-state index contributed by atoms with van der Waals surface area (Å²) in [5, 5.41) is 1.18. The van der Waals surface area contributed by atoms with Gasteiger partial charge >= 0.3 is 0 Å². The molecule has 1 aromatic carbocycles. The van der Waals surface area contributed by atoms with E-state index < -0.39 is 0 Å². The van der Waals surface area contributed by atoms with Crippen molar-refractivity contribution in [2.75, 3.05) is 18.0 Å². The van der Waals surface area contributed by atoms with Crippen LogP contribution in [-0.4, -0.2) is 23.1 Å². The molecule has 0 spiro atoms. The van der Waals surface area contributed by atoms with Gasteiger partial charge in [0.2, 0.25) is 0 Å². The van der Waals surface area contributed by atoms with Crippen molar-refractivity contribution in [2.24, 2.45) is 5.73 Å². The molecule has 0 aliphatic carbocycles. The Bertz CT molecular complexity index is 595. The number of thiocarbonyl (C=S) groups is 1. The van der Waals surface area contributed by atoms with Gasteiger partial charge in [-0.05, 0) is 31.5 Å². The third kappa shape index (κ3) is 3.20. The van der Waals surface area contributed by atoms with Crippen LogP contribution < -0.4 is 10.6 Å². The maximum Gasteiger partial charge on any atom is 0.132 e. The van der Waals surface area contributed by atoms with Gasteiger partial charge in [0, 0.05) is 24.9 Å². The first kappa shape index (κ1) is 13.7. The molecule has 0 atom stereocenters. The zero-order chi connectivity index (χ0) is 13.8. The van der Waals surface area contributed by atoms with Crippen molar-refractivity contribution in [3.8, 4) is 0 Å². The molecule has 100 valence electrons. The Morgan fingerprint density at radius 2 is 2.11 bits per heavy atom. The molecule has 2 N–H and O–H groups in total. The van der Waals surface area contributed by atoms with Gasteiger partial charge in [-0.2, -0.15) is 0 Å². The van der Waals surface area contributed by atoms with Crippen molar-refractivity contribution in [1.82, 2.24) is 4.98 Å². The molecule has 0 amide bonds. The van der Waals surface area contributed by atoms with E-state index in [-0.39, 0.29) is 0 Å². The highest BCUT2D eigenvalue weighted by molar-refractivity contribution is 7.80. The van der Waals surface area contributed by atoms with E-state index in [2.05, 4.69) is 30.9 Å². The van der Waals surface area contributed by atoms with E-state index in [4.69, 9.17) is 22.9 Å². The van der Waals surface area contributed by atoms with Gasteiger partial charge in [0.05, 0.1) is 10.5 Å². The molecule has 2 rings (SSSR count). The molecule has 1 heterocycles. The molecule has 19 heavy (non-hydrogen) atoms. The van der Waals surface area contributed by atoms with E-state index >= 15 is 0 Å². The SMILES string of the molecule is CCN(CCC(N)=S)c1nc2ccccc2cc1C. The third-order valence-electron chi connectivity index (χ3n) is 3.20. The minimum atomic E-state index is 0.553. The van der Waals surface area contributed by atoms with Crippen LogP contribution in [0.1, 0.15) is 18.9 Å². The quantitative estimate of drug-likeness (QED) is 0.850. The van der Waals surface area contributed by atoms with Crippen LogP contribution in [0.25, 0.3) is 10.9 Å². The summed E-state index contributed by atoms with van der Waals surface area (Å²) in [6.45, 7) is 5.93. The second-order valence-corrected chi connectivity index (χ2v) is 5.14. The number of fused-ring (bicyclic) bond motifs is 1. The standard InChI is InChI=1S/C15H19N3S/c1-3-18(9-8-14(16)19)15-11(2)10-12-6-4-5-7-13(12)17-15/h4-7,10H,3,8-9H2,1-2H3,(H2,16,19). The van der Waals surface area contributed by atoms with Crippen molar-refractivity contribution in [3.63, 3.8) is 0 Å². The Hall–Kier alpha value is -1.68. The van der Waals surface area contributed by atoms with Gasteiger partial charge in [-0.3, -0.25) is 0 Å². The largest absolute Gasteiger partial charge is 0.393 e. The van der Waals surface area contributed by atoms with E-state index in [1.54, 1.807) is 0 Å². The highest BCUT2D eigenvalue weighted by atomic mass is 32.1. The Balaban J connectivity index is 2.36. The lowest BCUT2D eigenvalue weighted by atomic mass is 10.1. The predicted molar refractivity (Wildman–Crippen MR) is 85.8 cm³/mol.